The molecule has 0 spiro atoms. The van der Waals surface area contributed by atoms with Crippen LogP contribution in [0.1, 0.15) is 44.7 Å². The summed E-state index contributed by atoms with van der Waals surface area (Å²) < 4.78 is 95.8. The molecule has 0 aromatic heterocycles. The van der Waals surface area contributed by atoms with Crippen LogP contribution in [0.25, 0.3) is 0 Å². The lowest BCUT2D eigenvalue weighted by atomic mass is 9.79. The van der Waals surface area contributed by atoms with E-state index >= 15 is 0 Å². The van der Waals surface area contributed by atoms with Crippen molar-refractivity contribution in [1.82, 2.24) is 5.32 Å². The first kappa shape index (κ1) is 28.1. The number of dihydropyridines is 1. The monoisotopic (exact) mass is 509 g/mol. The van der Waals surface area contributed by atoms with Crippen molar-refractivity contribution in [3.05, 3.63) is 51.9 Å². The molecule has 1 N–H and O–H groups in total. The number of hydrogen-bond donors (Lipinski definition) is 1. The van der Waals surface area contributed by atoms with Gasteiger partial charge in [-0.3, -0.25) is 0 Å². The molecule has 0 bridgehead atoms. The summed E-state index contributed by atoms with van der Waals surface area (Å²) in [6.07, 6.45) is -10.3. The van der Waals surface area contributed by atoms with E-state index in [9.17, 15) is 35.9 Å². The molecule has 1 aromatic rings. The van der Waals surface area contributed by atoms with Gasteiger partial charge in [0.25, 0.3) is 6.17 Å². The van der Waals surface area contributed by atoms with Crippen molar-refractivity contribution in [2.24, 2.45) is 0 Å². The molecule has 1 heterocycles. The third-order valence-electron chi connectivity index (χ3n) is 5.27. The molecule has 35 heavy (non-hydrogen) atoms. The van der Waals surface area contributed by atoms with Gasteiger partial charge in [-0.15, -0.1) is 0 Å². The zero-order valence-electron chi connectivity index (χ0n) is 19.6. The van der Waals surface area contributed by atoms with Crippen molar-refractivity contribution in [1.29, 1.82) is 0 Å². The zero-order valence-corrected chi connectivity index (χ0v) is 19.6. The Hall–Kier alpha value is -3.18. The van der Waals surface area contributed by atoms with Crippen molar-refractivity contribution in [3.8, 4) is 5.75 Å². The lowest BCUT2D eigenvalue weighted by molar-refractivity contribution is -0.248. The van der Waals surface area contributed by atoms with Crippen molar-refractivity contribution >= 4 is 11.9 Å². The smallest absolute Gasteiger partial charge is 0.426 e. The number of methoxy groups -OCH3 is 1. The fourth-order valence-electron chi connectivity index (χ4n) is 3.79. The average Bonchev–Trinajstić information content (AvgIpc) is 2.77. The predicted octanol–water partition coefficient (Wildman–Crippen LogP) is 5.05. The maximum atomic E-state index is 14.4. The molecule has 0 radical (unpaired) electrons. The molecule has 0 saturated heterocycles. The SMILES string of the molecule is CCOC(=O)C1=C(C)NC(C)=C(C(=O)OCC)C1c1ccc(C(F)(F)C(F)C(F)(F)F)c(OC)c1. The number of hydrogen-bond acceptors (Lipinski definition) is 6. The van der Waals surface area contributed by atoms with E-state index in [4.69, 9.17) is 14.2 Å². The minimum Gasteiger partial charge on any atom is -0.496 e. The molecule has 2 rings (SSSR count). The van der Waals surface area contributed by atoms with E-state index in [1.807, 2.05) is 0 Å². The quantitative estimate of drug-likeness (QED) is 0.391. The molecule has 1 aliphatic rings. The topological polar surface area (TPSA) is 73.9 Å². The molecule has 0 aliphatic carbocycles. The van der Waals surface area contributed by atoms with Crippen LogP contribution in [-0.4, -0.2) is 44.6 Å². The predicted molar refractivity (Wildman–Crippen MR) is 112 cm³/mol. The standard InChI is InChI=1S/C23H25F6NO5/c1-6-34-19(31)16-11(3)30-12(4)17(20(32)35-7-2)18(16)13-8-9-14(15(10-13)33-5)22(25,26)21(24)23(27,28)29/h8-10,18,21,30H,6-7H2,1-5H3. The fraction of sp³-hybridized carbons (Fsp3) is 0.478. The highest BCUT2D eigenvalue weighted by Gasteiger charge is 2.58. The number of alkyl halides is 6. The molecule has 1 aromatic carbocycles. The molecule has 0 fully saturated rings. The van der Waals surface area contributed by atoms with Gasteiger partial charge in [-0.2, -0.15) is 22.0 Å². The number of carbonyl (C=O) groups is 2. The highest BCUT2D eigenvalue weighted by Crippen LogP contribution is 2.47. The molecular formula is C23H25F6NO5. The normalized spacial score (nSPS) is 16.1. The molecule has 6 nitrogen and oxygen atoms in total. The Morgan fingerprint density at radius 3 is 1.86 bits per heavy atom. The minimum atomic E-state index is -5.82. The number of carbonyl (C=O) groups excluding carboxylic acids is 2. The van der Waals surface area contributed by atoms with Gasteiger partial charge in [0.15, 0.2) is 0 Å². The lowest BCUT2D eigenvalue weighted by Crippen LogP contribution is -2.39. The van der Waals surface area contributed by atoms with Crippen molar-refractivity contribution in [2.75, 3.05) is 20.3 Å². The van der Waals surface area contributed by atoms with E-state index in [-0.39, 0.29) is 29.9 Å². The van der Waals surface area contributed by atoms with Crippen LogP contribution >= 0.6 is 0 Å². The minimum absolute atomic E-state index is 0.0103. The number of benzene rings is 1. The maximum Gasteiger partial charge on any atom is 0.426 e. The van der Waals surface area contributed by atoms with E-state index in [0.717, 1.165) is 19.2 Å². The zero-order chi connectivity index (χ0) is 26.7. The maximum absolute atomic E-state index is 14.4. The molecular weight excluding hydrogens is 484 g/mol. The first-order valence-corrected chi connectivity index (χ1v) is 10.5. The Bertz CT molecular complexity index is 1010. The van der Waals surface area contributed by atoms with Gasteiger partial charge in [0.2, 0.25) is 0 Å². The second-order valence-corrected chi connectivity index (χ2v) is 7.56. The summed E-state index contributed by atoms with van der Waals surface area (Å²) in [5.41, 5.74) is -0.794. The van der Waals surface area contributed by atoms with Crippen LogP contribution in [-0.2, 0) is 25.0 Å². The van der Waals surface area contributed by atoms with Gasteiger partial charge in [-0.1, -0.05) is 6.07 Å². The first-order valence-electron chi connectivity index (χ1n) is 10.5. The second-order valence-electron chi connectivity index (χ2n) is 7.56. The summed E-state index contributed by atoms with van der Waals surface area (Å²) in [5.74, 6) is -8.56. The van der Waals surface area contributed by atoms with Crippen molar-refractivity contribution in [3.63, 3.8) is 0 Å². The van der Waals surface area contributed by atoms with Crippen LogP contribution in [0.5, 0.6) is 5.75 Å². The first-order chi connectivity index (χ1) is 16.2. The number of esters is 2. The summed E-state index contributed by atoms with van der Waals surface area (Å²) in [4.78, 5) is 25.6. The van der Waals surface area contributed by atoms with Crippen LogP contribution in [0.2, 0.25) is 0 Å². The molecule has 194 valence electrons. The molecule has 12 heteroatoms. The molecule has 0 saturated carbocycles. The Morgan fingerprint density at radius 2 is 1.46 bits per heavy atom. The third-order valence-corrected chi connectivity index (χ3v) is 5.27. The van der Waals surface area contributed by atoms with Crippen molar-refractivity contribution < 1.29 is 50.1 Å². The Morgan fingerprint density at radius 1 is 0.971 bits per heavy atom. The second kappa shape index (κ2) is 10.6. The molecule has 1 unspecified atom stereocenters. The highest BCUT2D eigenvalue weighted by molar-refractivity contribution is 5.99. The van der Waals surface area contributed by atoms with Crippen LogP contribution in [0.15, 0.2) is 40.7 Å². The number of halogens is 6. The van der Waals surface area contributed by atoms with Gasteiger partial charge in [0.1, 0.15) is 5.75 Å². The van der Waals surface area contributed by atoms with E-state index in [2.05, 4.69) is 5.32 Å². The van der Waals surface area contributed by atoms with E-state index < -0.39 is 47.4 Å². The third kappa shape index (κ3) is 5.57. The van der Waals surface area contributed by atoms with Crippen LogP contribution in [0, 0.1) is 0 Å². The Balaban J connectivity index is 2.75. The lowest BCUT2D eigenvalue weighted by Gasteiger charge is -2.31. The van der Waals surface area contributed by atoms with Gasteiger partial charge >= 0.3 is 24.0 Å². The summed E-state index contributed by atoms with van der Waals surface area (Å²) in [6, 6.07) is 2.48. The molecule has 1 atom stereocenters. The van der Waals surface area contributed by atoms with Crippen LogP contribution in [0.3, 0.4) is 0 Å². The van der Waals surface area contributed by atoms with Gasteiger partial charge < -0.3 is 19.5 Å². The summed E-state index contributed by atoms with van der Waals surface area (Å²) in [5, 5.41) is 2.89. The van der Waals surface area contributed by atoms with Gasteiger partial charge in [0.05, 0.1) is 43.0 Å². The number of allylic oxidation sites excluding steroid dienone is 2. The van der Waals surface area contributed by atoms with E-state index in [1.165, 1.54) is 13.8 Å². The highest BCUT2D eigenvalue weighted by atomic mass is 19.4. The summed E-state index contributed by atoms with van der Waals surface area (Å²) in [7, 11) is 0.919. The van der Waals surface area contributed by atoms with Gasteiger partial charge in [-0.25, -0.2) is 14.0 Å². The molecule has 0 amide bonds. The van der Waals surface area contributed by atoms with Gasteiger partial charge in [-0.05, 0) is 45.4 Å². The van der Waals surface area contributed by atoms with E-state index in [0.29, 0.717) is 17.5 Å². The van der Waals surface area contributed by atoms with Crippen molar-refractivity contribution in [2.45, 2.75) is 51.9 Å². The number of ether oxygens (including phenoxy) is 3. The number of nitrogens with one attached hydrogen (secondary N) is 1. The molecule has 1 aliphatic heterocycles. The fourth-order valence-corrected chi connectivity index (χ4v) is 3.79. The largest absolute Gasteiger partial charge is 0.496 e. The Kier molecular flexibility index (Phi) is 8.51. The Labute approximate surface area is 197 Å². The summed E-state index contributed by atoms with van der Waals surface area (Å²) in [6.45, 7) is 6.15. The summed E-state index contributed by atoms with van der Waals surface area (Å²) >= 11 is 0. The number of rotatable bonds is 8. The van der Waals surface area contributed by atoms with Crippen LogP contribution in [0.4, 0.5) is 26.3 Å². The average molecular weight is 509 g/mol. The van der Waals surface area contributed by atoms with Crippen LogP contribution < -0.4 is 10.1 Å². The van der Waals surface area contributed by atoms with E-state index in [1.54, 1.807) is 13.8 Å². The van der Waals surface area contributed by atoms with Gasteiger partial charge in [0, 0.05) is 11.4 Å².